The standard InChI is InChI=1S/C24H19BrF3N3O6/c1-3-36-22-11-15(5-8-21(22)35-2)23(32)30-29-13-14-4-7-19(17(25)10-14)37-20-9-6-16(24(26,27)28)12-18(20)31(33)34/h4-13H,3H2,1-2H3,(H,30,32)/b29-13+. The molecular formula is C24H19BrF3N3O6. The third-order valence-electron chi connectivity index (χ3n) is 4.76. The summed E-state index contributed by atoms with van der Waals surface area (Å²) in [5.74, 6) is 0.155. The maximum Gasteiger partial charge on any atom is 0.416 e. The molecule has 9 nitrogen and oxygen atoms in total. The molecule has 1 N–H and O–H groups in total. The van der Waals surface area contributed by atoms with Crippen LogP contribution in [0, 0.1) is 10.1 Å². The van der Waals surface area contributed by atoms with Crippen LogP contribution in [0.2, 0.25) is 0 Å². The Morgan fingerprint density at radius 1 is 1.08 bits per heavy atom. The van der Waals surface area contributed by atoms with E-state index in [2.05, 4.69) is 26.5 Å². The average Bonchev–Trinajstić information content (AvgIpc) is 2.85. The largest absolute Gasteiger partial charge is 0.493 e. The third kappa shape index (κ3) is 6.97. The molecule has 0 unspecified atom stereocenters. The fourth-order valence-electron chi connectivity index (χ4n) is 3.04. The number of rotatable bonds is 9. The first-order valence-corrected chi connectivity index (χ1v) is 11.3. The van der Waals surface area contributed by atoms with E-state index in [0.29, 0.717) is 45.8 Å². The number of hydrogen-bond acceptors (Lipinski definition) is 7. The van der Waals surface area contributed by atoms with Gasteiger partial charge < -0.3 is 14.2 Å². The molecule has 3 aromatic rings. The van der Waals surface area contributed by atoms with Gasteiger partial charge in [0.25, 0.3) is 5.91 Å². The van der Waals surface area contributed by atoms with Crippen LogP contribution in [0.5, 0.6) is 23.0 Å². The van der Waals surface area contributed by atoms with Crippen LogP contribution >= 0.6 is 15.9 Å². The van der Waals surface area contributed by atoms with Crippen molar-refractivity contribution in [1.29, 1.82) is 0 Å². The highest BCUT2D eigenvalue weighted by atomic mass is 79.9. The predicted octanol–water partition coefficient (Wildman–Crippen LogP) is 6.34. The van der Waals surface area contributed by atoms with Gasteiger partial charge in [0.05, 0.1) is 34.9 Å². The number of nitrogens with zero attached hydrogens (tertiary/aromatic N) is 2. The second kappa shape index (κ2) is 11.7. The number of alkyl halides is 3. The van der Waals surface area contributed by atoms with E-state index < -0.39 is 28.3 Å². The van der Waals surface area contributed by atoms with E-state index in [1.54, 1.807) is 25.1 Å². The van der Waals surface area contributed by atoms with Crippen molar-refractivity contribution in [1.82, 2.24) is 5.43 Å². The van der Waals surface area contributed by atoms with Crippen molar-refractivity contribution in [3.8, 4) is 23.0 Å². The van der Waals surface area contributed by atoms with Crippen molar-refractivity contribution in [2.24, 2.45) is 5.10 Å². The summed E-state index contributed by atoms with van der Waals surface area (Å²) < 4.78 is 55.2. The van der Waals surface area contributed by atoms with Crippen LogP contribution in [-0.4, -0.2) is 30.8 Å². The van der Waals surface area contributed by atoms with Crippen molar-refractivity contribution in [3.63, 3.8) is 0 Å². The number of halogens is 4. The Bertz CT molecular complexity index is 1350. The van der Waals surface area contributed by atoms with Gasteiger partial charge >= 0.3 is 11.9 Å². The number of methoxy groups -OCH3 is 1. The second-order valence-electron chi connectivity index (χ2n) is 7.23. The molecule has 0 aliphatic heterocycles. The molecule has 3 rings (SSSR count). The van der Waals surface area contributed by atoms with E-state index in [-0.39, 0.29) is 11.5 Å². The number of amides is 1. The Kier molecular flexibility index (Phi) is 8.71. The van der Waals surface area contributed by atoms with Gasteiger partial charge in [0.2, 0.25) is 5.75 Å². The van der Waals surface area contributed by atoms with Gasteiger partial charge in [-0.2, -0.15) is 18.3 Å². The van der Waals surface area contributed by atoms with E-state index in [1.807, 2.05) is 0 Å². The molecule has 0 aromatic heterocycles. The van der Waals surface area contributed by atoms with Gasteiger partial charge in [-0.1, -0.05) is 0 Å². The molecule has 1 amide bonds. The summed E-state index contributed by atoms with van der Waals surface area (Å²) in [7, 11) is 1.49. The van der Waals surface area contributed by atoms with Gasteiger partial charge in [-0.05, 0) is 76.9 Å². The lowest BCUT2D eigenvalue weighted by atomic mass is 10.2. The lowest BCUT2D eigenvalue weighted by Gasteiger charge is -2.11. The van der Waals surface area contributed by atoms with Crippen molar-refractivity contribution < 1.29 is 37.1 Å². The van der Waals surface area contributed by atoms with Gasteiger partial charge in [0, 0.05) is 11.6 Å². The van der Waals surface area contributed by atoms with Crippen LogP contribution in [0.1, 0.15) is 28.4 Å². The Labute approximate surface area is 217 Å². The van der Waals surface area contributed by atoms with E-state index in [9.17, 15) is 28.1 Å². The zero-order valence-corrected chi connectivity index (χ0v) is 20.9. The summed E-state index contributed by atoms with van der Waals surface area (Å²) in [5, 5.41) is 15.2. The zero-order chi connectivity index (χ0) is 27.2. The average molecular weight is 582 g/mol. The van der Waals surface area contributed by atoms with Crippen LogP contribution in [0.25, 0.3) is 0 Å². The van der Waals surface area contributed by atoms with Crippen LogP contribution < -0.4 is 19.6 Å². The number of carbonyl (C=O) groups excluding carboxylic acids is 1. The highest BCUT2D eigenvalue weighted by Gasteiger charge is 2.33. The van der Waals surface area contributed by atoms with Gasteiger partial charge in [-0.25, -0.2) is 5.43 Å². The molecular weight excluding hydrogens is 563 g/mol. The van der Waals surface area contributed by atoms with Gasteiger partial charge in [-0.15, -0.1) is 0 Å². The molecule has 0 saturated heterocycles. The zero-order valence-electron chi connectivity index (χ0n) is 19.3. The van der Waals surface area contributed by atoms with Crippen molar-refractivity contribution in [2.45, 2.75) is 13.1 Å². The van der Waals surface area contributed by atoms with Crippen molar-refractivity contribution in [3.05, 3.63) is 85.9 Å². The van der Waals surface area contributed by atoms with Crippen LogP contribution in [0.15, 0.2) is 64.2 Å². The molecule has 194 valence electrons. The first kappa shape index (κ1) is 27.5. The summed E-state index contributed by atoms with van der Waals surface area (Å²) in [6.07, 6.45) is -3.39. The molecule has 0 bridgehead atoms. The van der Waals surface area contributed by atoms with Crippen LogP contribution in [0.4, 0.5) is 18.9 Å². The van der Waals surface area contributed by atoms with Crippen molar-refractivity contribution >= 4 is 33.7 Å². The number of benzene rings is 3. The number of hydrogen-bond donors (Lipinski definition) is 1. The molecule has 37 heavy (non-hydrogen) atoms. The number of nitro benzene ring substituents is 1. The van der Waals surface area contributed by atoms with Gasteiger partial charge in [0.15, 0.2) is 11.5 Å². The summed E-state index contributed by atoms with van der Waals surface area (Å²) >= 11 is 3.26. The Hall–Kier alpha value is -4.13. The maximum absolute atomic E-state index is 12.9. The SMILES string of the molecule is CCOc1cc(C(=O)N/N=C/c2ccc(Oc3ccc(C(F)(F)F)cc3[N+](=O)[O-])c(Br)c2)ccc1OC. The molecule has 0 spiro atoms. The molecule has 0 radical (unpaired) electrons. The molecule has 3 aromatic carbocycles. The predicted molar refractivity (Wildman–Crippen MR) is 132 cm³/mol. The minimum absolute atomic E-state index is 0.116. The molecule has 0 atom stereocenters. The topological polar surface area (TPSA) is 112 Å². The molecule has 0 aliphatic carbocycles. The first-order valence-electron chi connectivity index (χ1n) is 10.5. The fourth-order valence-corrected chi connectivity index (χ4v) is 3.51. The summed E-state index contributed by atoms with van der Waals surface area (Å²) in [6, 6.07) is 11.2. The number of nitrogens with one attached hydrogen (secondary N) is 1. The number of ether oxygens (including phenoxy) is 3. The lowest BCUT2D eigenvalue weighted by molar-refractivity contribution is -0.385. The maximum atomic E-state index is 12.9. The quantitative estimate of drug-likeness (QED) is 0.179. The minimum Gasteiger partial charge on any atom is -0.493 e. The normalized spacial score (nSPS) is 11.3. The highest BCUT2D eigenvalue weighted by Crippen LogP contribution is 2.39. The minimum atomic E-state index is -4.74. The van der Waals surface area contributed by atoms with E-state index in [4.69, 9.17) is 14.2 Å². The fraction of sp³-hybridized carbons (Fsp3) is 0.167. The van der Waals surface area contributed by atoms with Crippen LogP contribution in [-0.2, 0) is 6.18 Å². The van der Waals surface area contributed by atoms with Crippen molar-refractivity contribution in [2.75, 3.05) is 13.7 Å². The Balaban J connectivity index is 1.72. The van der Waals surface area contributed by atoms with Gasteiger partial charge in [0.1, 0.15) is 5.75 Å². The van der Waals surface area contributed by atoms with Crippen LogP contribution in [0.3, 0.4) is 0 Å². The summed E-state index contributed by atoms with van der Waals surface area (Å²) in [5.41, 5.74) is 1.21. The molecule has 0 heterocycles. The third-order valence-corrected chi connectivity index (χ3v) is 5.38. The van der Waals surface area contributed by atoms with E-state index >= 15 is 0 Å². The number of nitro groups is 1. The smallest absolute Gasteiger partial charge is 0.416 e. The molecule has 0 aliphatic rings. The summed E-state index contributed by atoms with van der Waals surface area (Å²) in [4.78, 5) is 22.7. The van der Waals surface area contributed by atoms with Gasteiger partial charge in [-0.3, -0.25) is 14.9 Å². The number of hydrazone groups is 1. The molecule has 13 heteroatoms. The second-order valence-corrected chi connectivity index (χ2v) is 8.08. The molecule has 0 saturated carbocycles. The molecule has 0 fully saturated rings. The number of carbonyl (C=O) groups is 1. The first-order chi connectivity index (χ1) is 17.5. The van der Waals surface area contributed by atoms with E-state index in [1.165, 1.54) is 31.5 Å². The monoisotopic (exact) mass is 581 g/mol. The lowest BCUT2D eigenvalue weighted by Crippen LogP contribution is -2.17. The Morgan fingerprint density at radius 3 is 2.41 bits per heavy atom. The Morgan fingerprint density at radius 2 is 1.78 bits per heavy atom. The van der Waals surface area contributed by atoms with E-state index in [0.717, 1.165) is 6.07 Å². The summed E-state index contributed by atoms with van der Waals surface area (Å²) in [6.45, 7) is 2.19. The highest BCUT2D eigenvalue weighted by molar-refractivity contribution is 9.10.